The van der Waals surface area contributed by atoms with Crippen molar-refractivity contribution in [3.63, 3.8) is 0 Å². The van der Waals surface area contributed by atoms with Crippen molar-refractivity contribution in [1.82, 2.24) is 4.98 Å². The molecule has 4 N–H and O–H groups in total. The van der Waals surface area contributed by atoms with Gasteiger partial charge in [-0.15, -0.1) is 0 Å². The number of hydrogen-bond donors (Lipinski definition) is 1. The summed E-state index contributed by atoms with van der Waals surface area (Å²) in [6.45, 7) is -0.437. The zero-order valence-corrected chi connectivity index (χ0v) is 8.87. The Kier molecular flexibility index (Phi) is 3.01. The molecule has 1 aromatic heterocycles. The van der Waals surface area contributed by atoms with Crippen LogP contribution in [0.5, 0.6) is 0 Å². The predicted octanol–water partition coefficient (Wildman–Crippen LogP) is 1.83. The lowest BCUT2D eigenvalue weighted by Crippen LogP contribution is -1.98. The lowest BCUT2D eigenvalue weighted by Gasteiger charge is -2.06. The fraction of sp³-hybridized carbons (Fsp3) is 0.0833. The number of nitrogen functional groups attached to an aromatic ring is 1. The smallest absolute Gasteiger partial charge is 0.175 e. The number of nitrogens with zero attached hydrogens (tertiary/aromatic N) is 1. The molecule has 0 bridgehead atoms. The molecule has 0 fully saturated rings. The summed E-state index contributed by atoms with van der Waals surface area (Å²) in [7, 11) is 0. The number of anilines is 1. The maximum Gasteiger partial charge on any atom is 0.175 e. The normalized spacial score (nSPS) is 10.5. The molecule has 0 aliphatic heterocycles. The molecule has 17 heavy (non-hydrogen) atoms. The Hall–Kier alpha value is -2.01. The highest BCUT2D eigenvalue weighted by Crippen LogP contribution is 2.26. The lowest BCUT2D eigenvalue weighted by molar-refractivity contribution is 0.269. The van der Waals surface area contributed by atoms with Crippen LogP contribution in [0.2, 0.25) is 0 Å². The van der Waals surface area contributed by atoms with Crippen molar-refractivity contribution in [2.24, 2.45) is 0 Å². The summed E-state index contributed by atoms with van der Waals surface area (Å²) < 4.78 is 27.1. The zero-order chi connectivity index (χ0) is 12.4. The molecule has 0 saturated heterocycles. The summed E-state index contributed by atoms with van der Waals surface area (Å²) in [6, 6.07) is 5.63. The summed E-state index contributed by atoms with van der Waals surface area (Å²) in [5.41, 5.74) is 5.92. The quantitative estimate of drug-likeness (QED) is 0.810. The fourth-order valence-electron chi connectivity index (χ4n) is 1.55. The molecule has 2 aromatic rings. The van der Waals surface area contributed by atoms with Gasteiger partial charge in [-0.05, 0) is 24.3 Å². The number of benzene rings is 1. The fourth-order valence-corrected chi connectivity index (χ4v) is 1.55. The molecular formula is C12H11F2N2O+. The van der Waals surface area contributed by atoms with E-state index in [1.165, 1.54) is 12.3 Å². The predicted molar refractivity (Wildman–Crippen MR) is 61.3 cm³/mol. The monoisotopic (exact) mass is 237 g/mol. The van der Waals surface area contributed by atoms with Crippen molar-refractivity contribution in [2.45, 2.75) is 6.61 Å². The molecule has 0 spiro atoms. The number of pyridine rings is 1. The van der Waals surface area contributed by atoms with E-state index in [0.717, 1.165) is 6.07 Å². The van der Waals surface area contributed by atoms with Gasteiger partial charge in [-0.25, -0.2) is 13.8 Å². The van der Waals surface area contributed by atoms with E-state index >= 15 is 0 Å². The summed E-state index contributed by atoms with van der Waals surface area (Å²) in [5.74, 6) is -1.09. The Labute approximate surface area is 96.5 Å². The first-order chi connectivity index (χ1) is 8.13. The van der Waals surface area contributed by atoms with Crippen LogP contribution in [-0.2, 0) is 6.61 Å². The van der Waals surface area contributed by atoms with Gasteiger partial charge in [0.2, 0.25) is 0 Å². The highest BCUT2D eigenvalue weighted by atomic mass is 19.1. The minimum absolute atomic E-state index is 0.223. The third-order valence-corrected chi connectivity index (χ3v) is 2.46. The Balaban J connectivity index is 2.56. The second kappa shape index (κ2) is 4.47. The van der Waals surface area contributed by atoms with Crippen molar-refractivity contribution >= 4 is 5.82 Å². The maximum absolute atomic E-state index is 13.9. The zero-order valence-electron chi connectivity index (χ0n) is 8.87. The van der Waals surface area contributed by atoms with Gasteiger partial charge in [-0.1, -0.05) is 0 Å². The average molecular weight is 237 g/mol. The standard InChI is InChI=1S/C12H10F2N2O/c13-10-3-2-8(12(14)9(10)6-17)7-1-4-11(15)16-5-7/h1-5,17H,6H2,(H2,15,16)/p+1. The van der Waals surface area contributed by atoms with Gasteiger partial charge in [-0.2, -0.15) is 0 Å². The molecule has 0 saturated carbocycles. The van der Waals surface area contributed by atoms with Crippen LogP contribution in [0.25, 0.3) is 11.1 Å². The maximum atomic E-state index is 13.9. The van der Waals surface area contributed by atoms with Crippen molar-refractivity contribution in [3.05, 3.63) is 47.7 Å². The molecule has 88 valence electrons. The van der Waals surface area contributed by atoms with Gasteiger partial charge in [0.15, 0.2) is 6.61 Å². The molecule has 1 heterocycles. The van der Waals surface area contributed by atoms with Crippen molar-refractivity contribution in [2.75, 3.05) is 5.73 Å². The molecule has 1 aromatic carbocycles. The van der Waals surface area contributed by atoms with Crippen molar-refractivity contribution in [1.29, 1.82) is 0 Å². The summed E-state index contributed by atoms with van der Waals surface area (Å²) in [4.78, 5) is 3.85. The largest absolute Gasteiger partial charge is 0.442 e. The topological polar surface area (TPSA) is 61.8 Å². The van der Waals surface area contributed by atoms with Gasteiger partial charge in [0.05, 0.1) is 5.56 Å². The summed E-state index contributed by atoms with van der Waals surface area (Å²) in [5, 5.41) is 7.10. The van der Waals surface area contributed by atoms with Gasteiger partial charge in [-0.3, -0.25) is 0 Å². The van der Waals surface area contributed by atoms with E-state index < -0.39 is 18.2 Å². The van der Waals surface area contributed by atoms with E-state index in [-0.39, 0.29) is 11.1 Å². The SMILES string of the molecule is Nc1ccc(-c2ccc(F)c(C[OH2+])c2F)cn1. The Bertz CT molecular complexity index is 541. The number of hydrogen-bond acceptors (Lipinski definition) is 2. The van der Waals surface area contributed by atoms with Gasteiger partial charge in [0.1, 0.15) is 17.5 Å². The van der Waals surface area contributed by atoms with E-state index in [4.69, 9.17) is 10.8 Å². The third-order valence-electron chi connectivity index (χ3n) is 2.46. The molecule has 0 unspecified atom stereocenters. The molecule has 2 rings (SSSR count). The first-order valence-corrected chi connectivity index (χ1v) is 4.97. The highest BCUT2D eigenvalue weighted by molar-refractivity contribution is 5.65. The molecule has 0 amide bonds. The molecule has 0 atom stereocenters. The van der Waals surface area contributed by atoms with E-state index in [0.29, 0.717) is 11.4 Å². The molecule has 5 heteroatoms. The molecule has 0 aliphatic carbocycles. The summed E-state index contributed by atoms with van der Waals surface area (Å²) >= 11 is 0. The van der Waals surface area contributed by atoms with E-state index in [1.54, 1.807) is 12.1 Å². The van der Waals surface area contributed by atoms with Crippen molar-refractivity contribution in [3.8, 4) is 11.1 Å². The van der Waals surface area contributed by atoms with Gasteiger partial charge >= 0.3 is 0 Å². The lowest BCUT2D eigenvalue weighted by atomic mass is 10.0. The van der Waals surface area contributed by atoms with Crippen LogP contribution >= 0.6 is 0 Å². The third kappa shape index (κ3) is 2.09. The number of nitrogens with two attached hydrogens (primary N) is 1. The Morgan fingerprint density at radius 1 is 1.18 bits per heavy atom. The van der Waals surface area contributed by atoms with Crippen LogP contribution in [0.1, 0.15) is 5.56 Å². The van der Waals surface area contributed by atoms with Crippen LogP contribution in [0.4, 0.5) is 14.6 Å². The minimum atomic E-state index is -0.716. The van der Waals surface area contributed by atoms with Crippen LogP contribution in [0.3, 0.4) is 0 Å². The Morgan fingerprint density at radius 3 is 2.53 bits per heavy atom. The van der Waals surface area contributed by atoms with Crippen LogP contribution in [-0.4, -0.2) is 10.1 Å². The van der Waals surface area contributed by atoms with Gasteiger partial charge in [0.25, 0.3) is 0 Å². The van der Waals surface area contributed by atoms with Crippen LogP contribution in [0, 0.1) is 11.6 Å². The van der Waals surface area contributed by atoms with E-state index in [9.17, 15) is 8.78 Å². The molecular weight excluding hydrogens is 226 g/mol. The molecule has 0 radical (unpaired) electrons. The average Bonchev–Trinajstić information content (AvgIpc) is 2.31. The number of aromatic nitrogens is 1. The highest BCUT2D eigenvalue weighted by Gasteiger charge is 2.15. The second-order valence-corrected chi connectivity index (χ2v) is 3.54. The number of halogens is 2. The van der Waals surface area contributed by atoms with Gasteiger partial charge in [0, 0.05) is 17.3 Å². The van der Waals surface area contributed by atoms with E-state index in [1.807, 2.05) is 0 Å². The molecule has 3 nitrogen and oxygen atoms in total. The van der Waals surface area contributed by atoms with E-state index in [2.05, 4.69) is 4.98 Å². The van der Waals surface area contributed by atoms with Crippen molar-refractivity contribution < 1.29 is 13.9 Å². The summed E-state index contributed by atoms with van der Waals surface area (Å²) in [6.07, 6.45) is 1.42. The Morgan fingerprint density at radius 2 is 1.94 bits per heavy atom. The first kappa shape index (κ1) is 11.5. The van der Waals surface area contributed by atoms with Crippen LogP contribution < -0.4 is 5.73 Å². The van der Waals surface area contributed by atoms with Gasteiger partial charge < -0.3 is 10.8 Å². The first-order valence-electron chi connectivity index (χ1n) is 4.97. The second-order valence-electron chi connectivity index (χ2n) is 3.54. The number of rotatable bonds is 2. The minimum Gasteiger partial charge on any atom is -0.442 e. The molecule has 0 aliphatic rings. The van der Waals surface area contributed by atoms with Crippen LogP contribution in [0.15, 0.2) is 30.5 Å².